The molecule has 1 aromatic rings. The number of allylic oxidation sites excluding steroid dienone is 1. The van der Waals surface area contributed by atoms with Gasteiger partial charge in [-0.1, -0.05) is 12.1 Å². The summed E-state index contributed by atoms with van der Waals surface area (Å²) < 4.78 is 5.36. The SMILES string of the molecule is O=C(Nc1ccc(C2CCN(C(=O)C3CCOC3)CC2)cc1)N1C=C2C=CNC=C2C1. The Hall–Kier alpha value is -3.06. The summed E-state index contributed by atoms with van der Waals surface area (Å²) >= 11 is 0. The molecule has 3 amide bonds. The number of hydrogen-bond acceptors (Lipinski definition) is 4. The fourth-order valence-corrected chi connectivity index (χ4v) is 4.72. The quantitative estimate of drug-likeness (QED) is 0.788. The highest BCUT2D eigenvalue weighted by atomic mass is 16.5. The van der Waals surface area contributed by atoms with Gasteiger partial charge in [0.25, 0.3) is 0 Å². The Bertz CT molecular complexity index is 936. The largest absolute Gasteiger partial charge is 0.381 e. The number of carbonyl (C=O) groups is 2. The van der Waals surface area contributed by atoms with Crippen molar-refractivity contribution in [1.82, 2.24) is 15.1 Å². The fourth-order valence-electron chi connectivity index (χ4n) is 4.72. The van der Waals surface area contributed by atoms with Gasteiger partial charge in [-0.05, 0) is 60.1 Å². The summed E-state index contributed by atoms with van der Waals surface area (Å²) in [4.78, 5) is 28.9. The number of dihydropyridines is 1. The van der Waals surface area contributed by atoms with Crippen molar-refractivity contribution in [3.05, 3.63) is 65.7 Å². The van der Waals surface area contributed by atoms with Crippen molar-refractivity contribution in [3.8, 4) is 0 Å². The maximum absolute atomic E-state index is 12.6. The highest BCUT2D eigenvalue weighted by Gasteiger charge is 2.31. The predicted octanol–water partition coefficient (Wildman–Crippen LogP) is 3.16. The van der Waals surface area contributed by atoms with E-state index in [1.165, 1.54) is 5.56 Å². The average Bonchev–Trinajstić information content (AvgIpc) is 3.49. The molecule has 31 heavy (non-hydrogen) atoms. The molecule has 5 rings (SSSR count). The molecule has 0 saturated carbocycles. The zero-order valence-electron chi connectivity index (χ0n) is 17.5. The van der Waals surface area contributed by atoms with Crippen LogP contribution in [0.5, 0.6) is 0 Å². The van der Waals surface area contributed by atoms with Gasteiger partial charge in [-0.3, -0.25) is 9.69 Å². The number of piperidine rings is 1. The van der Waals surface area contributed by atoms with Gasteiger partial charge in [0.05, 0.1) is 19.1 Å². The van der Waals surface area contributed by atoms with Crippen LogP contribution in [0.2, 0.25) is 0 Å². The molecule has 7 heteroatoms. The van der Waals surface area contributed by atoms with E-state index >= 15 is 0 Å². The van der Waals surface area contributed by atoms with Gasteiger partial charge in [0.15, 0.2) is 0 Å². The zero-order chi connectivity index (χ0) is 21.2. The van der Waals surface area contributed by atoms with Gasteiger partial charge >= 0.3 is 6.03 Å². The Kier molecular flexibility index (Phi) is 5.51. The minimum atomic E-state index is -0.133. The van der Waals surface area contributed by atoms with Gasteiger partial charge < -0.3 is 20.3 Å². The first-order valence-electron chi connectivity index (χ1n) is 11.1. The van der Waals surface area contributed by atoms with E-state index in [1.54, 1.807) is 4.90 Å². The second-order valence-electron chi connectivity index (χ2n) is 8.59. The van der Waals surface area contributed by atoms with Crippen LogP contribution in [0.15, 0.2) is 60.1 Å². The number of hydrogen-bond donors (Lipinski definition) is 2. The third-order valence-corrected chi connectivity index (χ3v) is 6.60. The van der Waals surface area contributed by atoms with Crippen LogP contribution in [0, 0.1) is 5.92 Å². The first kappa shape index (κ1) is 19.9. The van der Waals surface area contributed by atoms with E-state index in [4.69, 9.17) is 4.74 Å². The Morgan fingerprint density at radius 3 is 2.61 bits per heavy atom. The second-order valence-corrected chi connectivity index (χ2v) is 8.59. The molecular weight excluding hydrogens is 392 g/mol. The van der Waals surface area contributed by atoms with Crippen LogP contribution in [-0.2, 0) is 9.53 Å². The lowest BCUT2D eigenvalue weighted by Gasteiger charge is -2.33. The molecule has 4 aliphatic rings. The Balaban J connectivity index is 1.14. The molecule has 7 nitrogen and oxygen atoms in total. The van der Waals surface area contributed by atoms with E-state index < -0.39 is 0 Å². The van der Waals surface area contributed by atoms with Crippen LogP contribution in [0.4, 0.5) is 10.5 Å². The number of benzene rings is 1. The third kappa shape index (κ3) is 4.23. The van der Waals surface area contributed by atoms with Crippen molar-refractivity contribution in [3.63, 3.8) is 0 Å². The molecule has 0 aliphatic carbocycles. The second kappa shape index (κ2) is 8.59. The number of carbonyl (C=O) groups excluding carboxylic acids is 2. The number of anilines is 1. The minimum absolute atomic E-state index is 0.0539. The Labute approximate surface area is 182 Å². The summed E-state index contributed by atoms with van der Waals surface area (Å²) in [6, 6.07) is 8.00. The van der Waals surface area contributed by atoms with Gasteiger partial charge in [0, 0.05) is 44.0 Å². The van der Waals surface area contributed by atoms with Crippen LogP contribution >= 0.6 is 0 Å². The number of nitrogens with zero attached hydrogens (tertiary/aromatic N) is 2. The summed E-state index contributed by atoms with van der Waals surface area (Å²) in [6.45, 7) is 3.46. The summed E-state index contributed by atoms with van der Waals surface area (Å²) in [6.07, 6.45) is 10.4. The number of likely N-dealkylation sites (tertiary alicyclic amines) is 1. The van der Waals surface area contributed by atoms with Gasteiger partial charge in [0.2, 0.25) is 5.91 Å². The van der Waals surface area contributed by atoms with Gasteiger partial charge in [-0.25, -0.2) is 4.79 Å². The molecule has 0 bridgehead atoms. The first-order chi connectivity index (χ1) is 15.2. The standard InChI is InChI=1S/C24H28N4O3/c29-23(20-8-12-31-16-20)27-10-6-18(7-11-27)17-1-3-22(4-2-17)26-24(30)28-14-19-5-9-25-13-21(19)15-28/h1-5,9,13-14,18,20,25H,6-8,10-12,15-16H2,(H,26,30). The Morgan fingerprint density at radius 2 is 1.90 bits per heavy atom. The van der Waals surface area contributed by atoms with Crippen LogP contribution in [0.25, 0.3) is 0 Å². The third-order valence-electron chi connectivity index (χ3n) is 6.60. The number of nitrogens with one attached hydrogen (secondary N) is 2. The summed E-state index contributed by atoms with van der Waals surface area (Å²) in [7, 11) is 0. The van der Waals surface area contributed by atoms with Crippen LogP contribution < -0.4 is 10.6 Å². The maximum atomic E-state index is 12.6. The zero-order valence-corrected chi connectivity index (χ0v) is 17.5. The molecule has 2 fully saturated rings. The fraction of sp³-hybridized carbons (Fsp3) is 0.417. The van der Waals surface area contributed by atoms with Crippen molar-refractivity contribution in [1.29, 1.82) is 0 Å². The molecule has 162 valence electrons. The summed E-state index contributed by atoms with van der Waals surface area (Å²) in [5.41, 5.74) is 4.23. The summed E-state index contributed by atoms with van der Waals surface area (Å²) in [5.74, 6) is 0.761. The van der Waals surface area contributed by atoms with Crippen LogP contribution in [-0.4, -0.2) is 54.6 Å². The average molecular weight is 421 g/mol. The van der Waals surface area contributed by atoms with Crippen molar-refractivity contribution in [2.24, 2.45) is 5.92 Å². The van der Waals surface area contributed by atoms with Gasteiger partial charge in [-0.15, -0.1) is 0 Å². The molecule has 1 unspecified atom stereocenters. The van der Waals surface area contributed by atoms with E-state index in [9.17, 15) is 9.59 Å². The molecule has 0 radical (unpaired) electrons. The van der Waals surface area contributed by atoms with E-state index in [-0.39, 0.29) is 17.9 Å². The topological polar surface area (TPSA) is 73.9 Å². The molecule has 0 spiro atoms. The lowest BCUT2D eigenvalue weighted by molar-refractivity contribution is -0.136. The lowest BCUT2D eigenvalue weighted by Crippen LogP contribution is -2.41. The number of fused-ring (bicyclic) bond motifs is 1. The van der Waals surface area contributed by atoms with Crippen LogP contribution in [0.1, 0.15) is 30.7 Å². The van der Waals surface area contributed by atoms with E-state index in [0.29, 0.717) is 25.7 Å². The number of rotatable bonds is 3. The molecule has 2 saturated heterocycles. The highest BCUT2D eigenvalue weighted by Crippen LogP contribution is 2.30. The number of amides is 3. The predicted molar refractivity (Wildman–Crippen MR) is 118 cm³/mol. The molecular formula is C24H28N4O3. The number of urea groups is 1. The van der Waals surface area contributed by atoms with Gasteiger partial charge in [-0.2, -0.15) is 0 Å². The van der Waals surface area contributed by atoms with Crippen LogP contribution in [0.3, 0.4) is 0 Å². The van der Waals surface area contributed by atoms with Crippen molar-refractivity contribution < 1.29 is 14.3 Å². The van der Waals surface area contributed by atoms with E-state index in [2.05, 4.69) is 22.8 Å². The van der Waals surface area contributed by atoms with E-state index in [1.807, 2.05) is 41.7 Å². The Morgan fingerprint density at radius 1 is 1.10 bits per heavy atom. The minimum Gasteiger partial charge on any atom is -0.381 e. The van der Waals surface area contributed by atoms with Crippen molar-refractivity contribution in [2.75, 3.05) is 38.2 Å². The maximum Gasteiger partial charge on any atom is 0.326 e. The monoisotopic (exact) mass is 420 g/mol. The molecule has 1 aromatic carbocycles. The smallest absolute Gasteiger partial charge is 0.326 e. The first-order valence-corrected chi connectivity index (χ1v) is 11.1. The van der Waals surface area contributed by atoms with Crippen molar-refractivity contribution in [2.45, 2.75) is 25.2 Å². The highest BCUT2D eigenvalue weighted by molar-refractivity contribution is 5.91. The molecule has 4 aliphatic heterocycles. The molecule has 4 heterocycles. The number of ether oxygens (including phenoxy) is 1. The molecule has 2 N–H and O–H groups in total. The van der Waals surface area contributed by atoms with Crippen molar-refractivity contribution >= 4 is 17.6 Å². The molecule has 0 aromatic heterocycles. The van der Waals surface area contributed by atoms with Gasteiger partial charge in [0.1, 0.15) is 0 Å². The lowest BCUT2D eigenvalue weighted by atomic mass is 9.89. The molecule has 1 atom stereocenters. The summed E-state index contributed by atoms with van der Waals surface area (Å²) in [5, 5.41) is 6.04. The van der Waals surface area contributed by atoms with E-state index in [0.717, 1.165) is 49.2 Å². The normalized spacial score (nSPS) is 23.2.